The SMILES string of the molecule is CCC1CC(C)OC(C(OC)OC(C(C)CO)C2OC(C)CC(CC)O2)O1. The maximum Gasteiger partial charge on any atom is 0.209 e. The Morgan fingerprint density at radius 2 is 1.44 bits per heavy atom. The molecule has 7 heteroatoms. The van der Waals surface area contributed by atoms with Gasteiger partial charge >= 0.3 is 0 Å². The van der Waals surface area contributed by atoms with Crippen molar-refractivity contribution in [3.05, 3.63) is 0 Å². The van der Waals surface area contributed by atoms with Gasteiger partial charge < -0.3 is 33.5 Å². The molecule has 2 fully saturated rings. The van der Waals surface area contributed by atoms with Crippen molar-refractivity contribution in [3.63, 3.8) is 0 Å². The van der Waals surface area contributed by atoms with Crippen molar-refractivity contribution in [2.75, 3.05) is 13.7 Å². The van der Waals surface area contributed by atoms with Gasteiger partial charge in [-0.15, -0.1) is 0 Å². The van der Waals surface area contributed by atoms with Crippen LogP contribution in [-0.4, -0.2) is 68.2 Å². The summed E-state index contributed by atoms with van der Waals surface area (Å²) in [6.07, 6.45) is 1.45. The number of aliphatic hydroxyl groups is 1. The standard InChI is InChI=1S/C20H38O7/c1-7-15-9-13(4)23-18(25-15)17(12(3)11-21)27-19(22-6)20-24-14(5)10-16(8-2)26-20/h12-21H,7-11H2,1-6H3. The topological polar surface area (TPSA) is 75.6 Å². The van der Waals surface area contributed by atoms with Crippen LogP contribution in [0.2, 0.25) is 0 Å². The van der Waals surface area contributed by atoms with Crippen molar-refractivity contribution in [2.45, 2.75) is 110 Å². The normalized spacial score (nSPS) is 38.3. The van der Waals surface area contributed by atoms with Crippen LogP contribution in [0, 0.1) is 5.92 Å². The van der Waals surface area contributed by atoms with E-state index in [2.05, 4.69) is 13.8 Å². The molecule has 0 amide bonds. The van der Waals surface area contributed by atoms with E-state index < -0.39 is 25.0 Å². The molecule has 0 bridgehead atoms. The van der Waals surface area contributed by atoms with Crippen molar-refractivity contribution < 1.29 is 33.5 Å². The van der Waals surface area contributed by atoms with Gasteiger partial charge in [0.25, 0.3) is 0 Å². The lowest BCUT2D eigenvalue weighted by atomic mass is 10.0. The van der Waals surface area contributed by atoms with E-state index in [-0.39, 0.29) is 36.9 Å². The first-order valence-corrected chi connectivity index (χ1v) is 10.3. The summed E-state index contributed by atoms with van der Waals surface area (Å²) in [5.41, 5.74) is 0. The molecule has 2 aliphatic rings. The summed E-state index contributed by atoms with van der Waals surface area (Å²) in [6, 6.07) is 0. The van der Waals surface area contributed by atoms with Crippen LogP contribution < -0.4 is 0 Å². The van der Waals surface area contributed by atoms with Gasteiger partial charge in [0.1, 0.15) is 6.10 Å². The molecule has 7 nitrogen and oxygen atoms in total. The molecule has 9 unspecified atom stereocenters. The van der Waals surface area contributed by atoms with E-state index in [0.717, 1.165) is 25.7 Å². The monoisotopic (exact) mass is 390 g/mol. The zero-order chi connectivity index (χ0) is 20.0. The minimum absolute atomic E-state index is 0.0458. The lowest BCUT2D eigenvalue weighted by Gasteiger charge is -2.42. The second-order valence-electron chi connectivity index (χ2n) is 7.80. The van der Waals surface area contributed by atoms with Gasteiger partial charge in [0.05, 0.1) is 24.4 Å². The molecule has 0 aromatic heterocycles. The first-order chi connectivity index (χ1) is 12.9. The van der Waals surface area contributed by atoms with Crippen molar-refractivity contribution >= 4 is 0 Å². The second kappa shape index (κ2) is 11.0. The third-order valence-electron chi connectivity index (χ3n) is 5.35. The molecule has 160 valence electrons. The van der Waals surface area contributed by atoms with Gasteiger partial charge in [-0.1, -0.05) is 20.8 Å². The third-order valence-corrected chi connectivity index (χ3v) is 5.35. The van der Waals surface area contributed by atoms with Gasteiger partial charge in [0.15, 0.2) is 6.29 Å². The molecule has 0 spiro atoms. The van der Waals surface area contributed by atoms with Crippen molar-refractivity contribution in [1.82, 2.24) is 0 Å². The third kappa shape index (κ3) is 6.35. The van der Waals surface area contributed by atoms with Gasteiger partial charge in [-0.05, 0) is 39.5 Å². The predicted molar refractivity (Wildman–Crippen MR) is 100 cm³/mol. The fraction of sp³-hybridized carbons (Fsp3) is 1.00. The Labute approximate surface area is 163 Å². The van der Waals surface area contributed by atoms with E-state index in [1.54, 1.807) is 7.11 Å². The molecule has 0 radical (unpaired) electrons. The molecule has 2 saturated heterocycles. The van der Waals surface area contributed by atoms with Crippen LogP contribution in [0.3, 0.4) is 0 Å². The van der Waals surface area contributed by atoms with Gasteiger partial charge in [0, 0.05) is 19.6 Å². The molecule has 0 aliphatic carbocycles. The largest absolute Gasteiger partial charge is 0.396 e. The van der Waals surface area contributed by atoms with Gasteiger partial charge in [0.2, 0.25) is 12.6 Å². The molecule has 2 rings (SSSR count). The summed E-state index contributed by atoms with van der Waals surface area (Å²) in [5.74, 6) is -0.196. The summed E-state index contributed by atoms with van der Waals surface area (Å²) in [7, 11) is 1.57. The van der Waals surface area contributed by atoms with Gasteiger partial charge in [-0.25, -0.2) is 0 Å². The van der Waals surface area contributed by atoms with Crippen LogP contribution >= 0.6 is 0 Å². The molecule has 9 atom stereocenters. The number of rotatable bonds is 9. The first-order valence-electron chi connectivity index (χ1n) is 10.3. The van der Waals surface area contributed by atoms with Crippen LogP contribution in [0.4, 0.5) is 0 Å². The van der Waals surface area contributed by atoms with E-state index in [1.165, 1.54) is 0 Å². The minimum atomic E-state index is -0.731. The Balaban J connectivity index is 2.10. The molecule has 27 heavy (non-hydrogen) atoms. The number of ether oxygens (including phenoxy) is 6. The van der Waals surface area contributed by atoms with Crippen LogP contribution in [-0.2, 0) is 28.4 Å². The Kier molecular flexibility index (Phi) is 9.41. The molecule has 0 aromatic carbocycles. The highest BCUT2D eigenvalue weighted by Crippen LogP contribution is 2.30. The quantitative estimate of drug-likeness (QED) is 0.607. The molecular formula is C20H38O7. The number of hydrogen-bond acceptors (Lipinski definition) is 7. The van der Waals surface area contributed by atoms with Crippen molar-refractivity contribution in [2.24, 2.45) is 5.92 Å². The van der Waals surface area contributed by atoms with E-state index >= 15 is 0 Å². The van der Waals surface area contributed by atoms with Crippen LogP contribution in [0.5, 0.6) is 0 Å². The first kappa shape index (κ1) is 23.0. The average molecular weight is 391 g/mol. The van der Waals surface area contributed by atoms with Crippen LogP contribution in [0.25, 0.3) is 0 Å². The summed E-state index contributed by atoms with van der Waals surface area (Å²) in [4.78, 5) is 0. The minimum Gasteiger partial charge on any atom is -0.396 e. The molecule has 2 heterocycles. The summed E-state index contributed by atoms with van der Waals surface area (Å²) in [5, 5.41) is 9.75. The van der Waals surface area contributed by atoms with Gasteiger partial charge in [-0.3, -0.25) is 0 Å². The van der Waals surface area contributed by atoms with E-state index in [9.17, 15) is 5.11 Å². The highest BCUT2D eigenvalue weighted by Gasteiger charge is 2.41. The Morgan fingerprint density at radius 3 is 1.93 bits per heavy atom. The summed E-state index contributed by atoms with van der Waals surface area (Å²) < 4.78 is 35.8. The maximum absolute atomic E-state index is 9.75. The lowest BCUT2D eigenvalue weighted by Crippen LogP contribution is -2.52. The maximum atomic E-state index is 9.75. The second-order valence-corrected chi connectivity index (χ2v) is 7.80. The fourth-order valence-electron chi connectivity index (χ4n) is 3.63. The summed E-state index contributed by atoms with van der Waals surface area (Å²) >= 11 is 0. The van der Waals surface area contributed by atoms with E-state index in [4.69, 9.17) is 28.4 Å². The van der Waals surface area contributed by atoms with Crippen molar-refractivity contribution in [1.29, 1.82) is 0 Å². The number of hydrogen-bond donors (Lipinski definition) is 1. The lowest BCUT2D eigenvalue weighted by molar-refractivity contribution is -0.363. The van der Waals surface area contributed by atoms with Crippen LogP contribution in [0.1, 0.15) is 60.3 Å². The average Bonchev–Trinajstić information content (AvgIpc) is 2.67. The Hall–Kier alpha value is -0.280. The van der Waals surface area contributed by atoms with E-state index in [0.29, 0.717) is 0 Å². The number of methoxy groups -OCH3 is 1. The molecular weight excluding hydrogens is 352 g/mol. The molecule has 2 aliphatic heterocycles. The molecule has 0 aromatic rings. The number of aliphatic hydroxyl groups excluding tert-OH is 1. The van der Waals surface area contributed by atoms with Crippen LogP contribution in [0.15, 0.2) is 0 Å². The zero-order valence-electron chi connectivity index (χ0n) is 17.6. The highest BCUT2D eigenvalue weighted by molar-refractivity contribution is 4.79. The van der Waals surface area contributed by atoms with Crippen molar-refractivity contribution in [3.8, 4) is 0 Å². The predicted octanol–water partition coefficient (Wildman–Crippen LogP) is 2.83. The highest BCUT2D eigenvalue weighted by atomic mass is 16.8. The Morgan fingerprint density at radius 1 is 0.926 bits per heavy atom. The van der Waals surface area contributed by atoms with E-state index in [1.807, 2.05) is 20.8 Å². The van der Waals surface area contributed by atoms with Gasteiger partial charge in [-0.2, -0.15) is 0 Å². The smallest absolute Gasteiger partial charge is 0.209 e. The zero-order valence-corrected chi connectivity index (χ0v) is 17.6. The molecule has 1 N–H and O–H groups in total. The fourth-order valence-corrected chi connectivity index (χ4v) is 3.63. The summed E-state index contributed by atoms with van der Waals surface area (Å²) in [6.45, 7) is 10.1. The molecule has 0 saturated carbocycles. The Bertz CT molecular complexity index is 421.